The fraction of sp³-hybridized carbons (Fsp3) is 0.545. The highest BCUT2D eigenvalue weighted by Gasteiger charge is 2.27. The molecule has 0 bridgehead atoms. The van der Waals surface area contributed by atoms with Crippen molar-refractivity contribution in [1.82, 2.24) is 4.98 Å². The van der Waals surface area contributed by atoms with Crippen LogP contribution in [0.4, 0.5) is 5.82 Å². The smallest absolute Gasteiger partial charge is 0.126 e. The van der Waals surface area contributed by atoms with Crippen LogP contribution >= 0.6 is 0 Å². The molecule has 2 rings (SSSR count). The molecule has 1 saturated carbocycles. The lowest BCUT2D eigenvalue weighted by molar-refractivity contribution is 0.620. The van der Waals surface area contributed by atoms with Gasteiger partial charge in [-0.15, -0.1) is 0 Å². The van der Waals surface area contributed by atoms with Crippen molar-refractivity contribution in [2.45, 2.75) is 25.8 Å². The molecular formula is C11H17N3. The largest absolute Gasteiger partial charge is 0.369 e. The van der Waals surface area contributed by atoms with E-state index in [-0.39, 0.29) is 6.04 Å². The molecule has 3 N–H and O–H groups in total. The van der Waals surface area contributed by atoms with Gasteiger partial charge in [0, 0.05) is 18.8 Å². The summed E-state index contributed by atoms with van der Waals surface area (Å²) in [5.41, 5.74) is 7.20. The van der Waals surface area contributed by atoms with Crippen molar-refractivity contribution < 1.29 is 0 Å². The van der Waals surface area contributed by atoms with E-state index >= 15 is 0 Å². The molecule has 0 saturated heterocycles. The summed E-state index contributed by atoms with van der Waals surface area (Å²) in [5, 5.41) is 3.27. The maximum Gasteiger partial charge on any atom is 0.126 e. The average Bonchev–Trinajstić information content (AvgIpc) is 2.97. The third-order valence-electron chi connectivity index (χ3n) is 2.66. The number of nitrogens with zero attached hydrogens (tertiary/aromatic N) is 1. The summed E-state index contributed by atoms with van der Waals surface area (Å²) >= 11 is 0. The van der Waals surface area contributed by atoms with Gasteiger partial charge in [0.05, 0.1) is 0 Å². The van der Waals surface area contributed by atoms with E-state index < -0.39 is 0 Å². The van der Waals surface area contributed by atoms with E-state index in [0.29, 0.717) is 0 Å². The van der Waals surface area contributed by atoms with Gasteiger partial charge in [-0.3, -0.25) is 0 Å². The van der Waals surface area contributed by atoms with Crippen LogP contribution in [-0.4, -0.2) is 17.6 Å². The van der Waals surface area contributed by atoms with Gasteiger partial charge in [0.1, 0.15) is 5.82 Å². The van der Waals surface area contributed by atoms with Crippen LogP contribution < -0.4 is 11.1 Å². The van der Waals surface area contributed by atoms with Gasteiger partial charge in [-0.2, -0.15) is 0 Å². The molecule has 0 aromatic carbocycles. The summed E-state index contributed by atoms with van der Waals surface area (Å²) in [6, 6.07) is 4.32. The molecule has 1 aliphatic carbocycles. The quantitative estimate of drug-likeness (QED) is 0.759. The highest BCUT2D eigenvalue weighted by atomic mass is 15.0. The molecule has 3 nitrogen and oxygen atoms in total. The molecule has 1 heterocycles. The van der Waals surface area contributed by atoms with Crippen LogP contribution in [0.2, 0.25) is 0 Å². The van der Waals surface area contributed by atoms with E-state index in [1.54, 1.807) is 0 Å². The van der Waals surface area contributed by atoms with Crippen molar-refractivity contribution in [2.24, 2.45) is 11.7 Å². The Morgan fingerprint density at radius 1 is 1.64 bits per heavy atom. The summed E-state index contributed by atoms with van der Waals surface area (Å²) in [6.07, 6.45) is 4.41. The van der Waals surface area contributed by atoms with Crippen molar-refractivity contribution in [2.75, 3.05) is 11.9 Å². The third kappa shape index (κ3) is 2.45. The van der Waals surface area contributed by atoms with Crippen molar-refractivity contribution in [3.8, 4) is 0 Å². The number of hydrogen-bond donors (Lipinski definition) is 2. The Hall–Kier alpha value is -1.09. The van der Waals surface area contributed by atoms with Crippen molar-refractivity contribution in [1.29, 1.82) is 0 Å². The van der Waals surface area contributed by atoms with Crippen LogP contribution in [0.25, 0.3) is 0 Å². The minimum atomic E-state index is 0.289. The standard InChI is InChI=1S/C11H17N3/c1-8-4-5-13-11(6-8)14-7-10(12)9-2-3-9/h4-6,9-10H,2-3,7,12H2,1H3,(H,13,14). The first-order valence-corrected chi connectivity index (χ1v) is 5.18. The van der Waals surface area contributed by atoms with Gasteiger partial charge in [-0.1, -0.05) is 0 Å². The monoisotopic (exact) mass is 191 g/mol. The van der Waals surface area contributed by atoms with E-state index in [1.165, 1.54) is 18.4 Å². The fourth-order valence-corrected chi connectivity index (χ4v) is 1.55. The van der Waals surface area contributed by atoms with E-state index in [2.05, 4.69) is 17.2 Å². The van der Waals surface area contributed by atoms with Crippen LogP contribution in [0.3, 0.4) is 0 Å². The predicted molar refractivity (Wildman–Crippen MR) is 58.2 cm³/mol. The number of aryl methyl sites for hydroxylation is 1. The number of pyridine rings is 1. The lowest BCUT2D eigenvalue weighted by Crippen LogP contribution is -2.31. The number of nitrogens with two attached hydrogens (primary N) is 1. The topological polar surface area (TPSA) is 50.9 Å². The molecule has 1 aliphatic rings. The van der Waals surface area contributed by atoms with Crippen LogP contribution in [0.5, 0.6) is 0 Å². The Labute approximate surface area is 84.7 Å². The van der Waals surface area contributed by atoms with Crippen molar-refractivity contribution >= 4 is 5.82 Å². The Morgan fingerprint density at radius 3 is 3.07 bits per heavy atom. The Bertz CT molecular complexity index is 307. The molecule has 1 aromatic heterocycles. The lowest BCUT2D eigenvalue weighted by atomic mass is 10.2. The summed E-state index contributed by atoms with van der Waals surface area (Å²) < 4.78 is 0. The molecule has 0 spiro atoms. The molecule has 14 heavy (non-hydrogen) atoms. The summed E-state index contributed by atoms with van der Waals surface area (Å²) in [4.78, 5) is 4.22. The number of nitrogens with one attached hydrogen (secondary N) is 1. The Balaban J connectivity index is 1.84. The number of rotatable bonds is 4. The van der Waals surface area contributed by atoms with E-state index in [4.69, 9.17) is 5.73 Å². The molecule has 1 aromatic rings. The van der Waals surface area contributed by atoms with Gasteiger partial charge in [0.25, 0.3) is 0 Å². The van der Waals surface area contributed by atoms with Gasteiger partial charge in [0.15, 0.2) is 0 Å². The summed E-state index contributed by atoms with van der Waals surface area (Å²) in [7, 11) is 0. The molecule has 0 radical (unpaired) electrons. The SMILES string of the molecule is Cc1ccnc(NCC(N)C2CC2)c1. The van der Waals surface area contributed by atoms with Crippen molar-refractivity contribution in [3.63, 3.8) is 0 Å². The van der Waals surface area contributed by atoms with Crippen molar-refractivity contribution in [3.05, 3.63) is 23.9 Å². The minimum Gasteiger partial charge on any atom is -0.369 e. The second-order valence-electron chi connectivity index (χ2n) is 4.10. The Kier molecular flexibility index (Phi) is 2.68. The zero-order chi connectivity index (χ0) is 9.97. The molecule has 3 heteroatoms. The summed E-state index contributed by atoms with van der Waals surface area (Å²) in [5.74, 6) is 1.67. The second-order valence-corrected chi connectivity index (χ2v) is 4.10. The van der Waals surface area contributed by atoms with E-state index in [1.807, 2.05) is 18.3 Å². The zero-order valence-corrected chi connectivity index (χ0v) is 8.53. The first kappa shape index (κ1) is 9.46. The highest BCUT2D eigenvalue weighted by molar-refractivity contribution is 5.37. The number of hydrogen-bond acceptors (Lipinski definition) is 3. The number of aromatic nitrogens is 1. The zero-order valence-electron chi connectivity index (χ0n) is 8.53. The number of anilines is 1. The maximum atomic E-state index is 5.97. The molecule has 1 atom stereocenters. The van der Waals surface area contributed by atoms with Gasteiger partial charge in [-0.05, 0) is 43.4 Å². The first-order valence-electron chi connectivity index (χ1n) is 5.18. The molecule has 0 amide bonds. The lowest BCUT2D eigenvalue weighted by Gasteiger charge is -2.11. The van der Waals surface area contributed by atoms with Crippen LogP contribution in [-0.2, 0) is 0 Å². The van der Waals surface area contributed by atoms with Crippen LogP contribution in [0, 0.1) is 12.8 Å². The van der Waals surface area contributed by atoms with Gasteiger partial charge in [0.2, 0.25) is 0 Å². The predicted octanol–water partition coefficient (Wildman–Crippen LogP) is 1.54. The van der Waals surface area contributed by atoms with E-state index in [9.17, 15) is 0 Å². The summed E-state index contributed by atoms with van der Waals surface area (Å²) in [6.45, 7) is 2.90. The van der Waals surface area contributed by atoms with E-state index in [0.717, 1.165) is 18.3 Å². The van der Waals surface area contributed by atoms with Crippen LogP contribution in [0.15, 0.2) is 18.3 Å². The normalized spacial score (nSPS) is 17.9. The minimum absolute atomic E-state index is 0.289. The third-order valence-corrected chi connectivity index (χ3v) is 2.66. The molecule has 1 fully saturated rings. The Morgan fingerprint density at radius 2 is 2.43 bits per heavy atom. The second kappa shape index (κ2) is 3.96. The molecule has 1 unspecified atom stereocenters. The highest BCUT2D eigenvalue weighted by Crippen LogP contribution is 2.31. The molecule has 76 valence electrons. The first-order chi connectivity index (χ1) is 6.75. The average molecular weight is 191 g/mol. The van der Waals surface area contributed by atoms with Gasteiger partial charge in [-0.25, -0.2) is 4.98 Å². The molecule has 0 aliphatic heterocycles. The van der Waals surface area contributed by atoms with Gasteiger partial charge < -0.3 is 11.1 Å². The molecular weight excluding hydrogens is 174 g/mol. The van der Waals surface area contributed by atoms with Gasteiger partial charge >= 0.3 is 0 Å². The maximum absolute atomic E-state index is 5.97. The van der Waals surface area contributed by atoms with Crippen LogP contribution in [0.1, 0.15) is 18.4 Å². The fourth-order valence-electron chi connectivity index (χ4n) is 1.55.